The van der Waals surface area contributed by atoms with Crippen molar-refractivity contribution in [2.45, 2.75) is 13.5 Å². The lowest BCUT2D eigenvalue weighted by molar-refractivity contribution is -0.126. The predicted molar refractivity (Wildman–Crippen MR) is 103 cm³/mol. The van der Waals surface area contributed by atoms with Crippen molar-refractivity contribution in [1.82, 2.24) is 29.9 Å². The molecule has 0 unspecified atom stereocenters. The summed E-state index contributed by atoms with van der Waals surface area (Å²) in [6, 6.07) is 9.83. The highest BCUT2D eigenvalue weighted by molar-refractivity contribution is 5.92. The standard InChI is InChI=1S/C19H21N7O/c1-2-26-19-17(22-23-26)18(20-14-21-19)25-12-10-24(11-13-25)16(27)9-8-15-6-4-3-5-7-15/h3-9,14H,2,10-13H2,1H3. The van der Waals surface area contributed by atoms with Gasteiger partial charge in [0.2, 0.25) is 5.91 Å². The van der Waals surface area contributed by atoms with Crippen LogP contribution in [0.25, 0.3) is 17.2 Å². The molecule has 2 aromatic heterocycles. The molecule has 0 radical (unpaired) electrons. The van der Waals surface area contributed by atoms with Gasteiger partial charge in [-0.2, -0.15) is 0 Å². The molecule has 1 fully saturated rings. The van der Waals surface area contributed by atoms with Gasteiger partial charge in [0.15, 0.2) is 17.0 Å². The van der Waals surface area contributed by atoms with Crippen LogP contribution in [0.1, 0.15) is 12.5 Å². The van der Waals surface area contributed by atoms with Crippen LogP contribution in [0.15, 0.2) is 42.7 Å². The number of nitrogens with zero attached hydrogens (tertiary/aromatic N) is 7. The van der Waals surface area contributed by atoms with E-state index in [1.54, 1.807) is 17.1 Å². The second kappa shape index (κ2) is 7.53. The first-order valence-electron chi connectivity index (χ1n) is 9.07. The molecule has 1 aromatic carbocycles. The fourth-order valence-corrected chi connectivity index (χ4v) is 3.20. The molecule has 8 nitrogen and oxygen atoms in total. The Balaban J connectivity index is 1.43. The molecule has 1 aliphatic heterocycles. The Morgan fingerprint density at radius 1 is 1.11 bits per heavy atom. The summed E-state index contributed by atoms with van der Waals surface area (Å²) in [5, 5.41) is 8.37. The predicted octanol–water partition coefficient (Wildman–Crippen LogP) is 1.60. The molecule has 1 amide bonds. The normalized spacial score (nSPS) is 15.0. The van der Waals surface area contributed by atoms with E-state index in [-0.39, 0.29) is 5.91 Å². The Labute approximate surface area is 157 Å². The third-order valence-corrected chi connectivity index (χ3v) is 4.69. The molecule has 1 aliphatic rings. The van der Waals surface area contributed by atoms with Gasteiger partial charge in [-0.05, 0) is 18.6 Å². The minimum atomic E-state index is 0.0308. The fraction of sp³-hybridized carbons (Fsp3) is 0.316. The molecule has 0 aliphatic carbocycles. The highest BCUT2D eigenvalue weighted by Gasteiger charge is 2.23. The summed E-state index contributed by atoms with van der Waals surface area (Å²) >= 11 is 0. The largest absolute Gasteiger partial charge is 0.351 e. The molecule has 0 saturated carbocycles. The first-order chi connectivity index (χ1) is 13.3. The monoisotopic (exact) mass is 363 g/mol. The van der Waals surface area contributed by atoms with Crippen molar-refractivity contribution in [2.75, 3.05) is 31.1 Å². The molecular formula is C19H21N7O. The van der Waals surface area contributed by atoms with Crippen molar-refractivity contribution >= 4 is 29.0 Å². The van der Waals surface area contributed by atoms with Crippen LogP contribution in [0.5, 0.6) is 0 Å². The van der Waals surface area contributed by atoms with Gasteiger partial charge >= 0.3 is 0 Å². The van der Waals surface area contributed by atoms with E-state index in [0.717, 1.165) is 17.0 Å². The molecule has 138 valence electrons. The first-order valence-corrected chi connectivity index (χ1v) is 9.07. The maximum absolute atomic E-state index is 12.4. The third kappa shape index (κ3) is 3.51. The van der Waals surface area contributed by atoms with Gasteiger partial charge in [-0.1, -0.05) is 35.5 Å². The van der Waals surface area contributed by atoms with Gasteiger partial charge in [-0.15, -0.1) is 5.10 Å². The average molecular weight is 363 g/mol. The molecule has 0 spiro atoms. The molecule has 0 bridgehead atoms. The van der Waals surface area contributed by atoms with Crippen LogP contribution < -0.4 is 4.90 Å². The van der Waals surface area contributed by atoms with E-state index in [1.807, 2.05) is 48.2 Å². The van der Waals surface area contributed by atoms with E-state index in [9.17, 15) is 4.79 Å². The second-order valence-electron chi connectivity index (χ2n) is 6.33. The van der Waals surface area contributed by atoms with Gasteiger partial charge in [-0.3, -0.25) is 4.79 Å². The summed E-state index contributed by atoms with van der Waals surface area (Å²) in [5.41, 5.74) is 2.47. The quantitative estimate of drug-likeness (QED) is 0.655. The molecule has 27 heavy (non-hydrogen) atoms. The minimum absolute atomic E-state index is 0.0308. The lowest BCUT2D eigenvalue weighted by Gasteiger charge is -2.34. The second-order valence-corrected chi connectivity index (χ2v) is 6.33. The van der Waals surface area contributed by atoms with Crippen molar-refractivity contribution in [3.8, 4) is 0 Å². The number of hydrogen-bond donors (Lipinski definition) is 0. The fourth-order valence-electron chi connectivity index (χ4n) is 3.20. The number of aryl methyl sites for hydroxylation is 1. The van der Waals surface area contributed by atoms with Gasteiger partial charge in [0.1, 0.15) is 6.33 Å². The van der Waals surface area contributed by atoms with Crippen molar-refractivity contribution in [3.05, 3.63) is 48.3 Å². The van der Waals surface area contributed by atoms with Crippen molar-refractivity contribution in [3.63, 3.8) is 0 Å². The summed E-state index contributed by atoms with van der Waals surface area (Å²) < 4.78 is 1.76. The highest BCUT2D eigenvalue weighted by atomic mass is 16.2. The number of piperazine rings is 1. The van der Waals surface area contributed by atoms with E-state index in [4.69, 9.17) is 0 Å². The number of hydrogen-bond acceptors (Lipinski definition) is 6. The topological polar surface area (TPSA) is 80.0 Å². The van der Waals surface area contributed by atoms with Crippen LogP contribution in [0.4, 0.5) is 5.82 Å². The van der Waals surface area contributed by atoms with Crippen LogP contribution in [0.3, 0.4) is 0 Å². The zero-order chi connectivity index (χ0) is 18.6. The number of rotatable bonds is 4. The lowest BCUT2D eigenvalue weighted by Crippen LogP contribution is -2.48. The number of aromatic nitrogens is 5. The number of benzene rings is 1. The van der Waals surface area contributed by atoms with Crippen molar-refractivity contribution in [2.24, 2.45) is 0 Å². The van der Waals surface area contributed by atoms with Crippen LogP contribution in [-0.2, 0) is 11.3 Å². The Kier molecular flexibility index (Phi) is 4.78. The molecule has 3 aromatic rings. The van der Waals surface area contributed by atoms with Crippen LogP contribution in [0, 0.1) is 0 Å². The summed E-state index contributed by atoms with van der Waals surface area (Å²) in [7, 11) is 0. The Bertz CT molecular complexity index is 959. The third-order valence-electron chi connectivity index (χ3n) is 4.69. The van der Waals surface area contributed by atoms with Gasteiger partial charge < -0.3 is 9.80 Å². The van der Waals surface area contributed by atoms with Gasteiger partial charge in [0.25, 0.3) is 0 Å². The van der Waals surface area contributed by atoms with Crippen LogP contribution in [-0.4, -0.2) is 61.9 Å². The zero-order valence-corrected chi connectivity index (χ0v) is 15.2. The highest BCUT2D eigenvalue weighted by Crippen LogP contribution is 2.21. The molecular weight excluding hydrogens is 342 g/mol. The summed E-state index contributed by atoms with van der Waals surface area (Å²) in [6.45, 7) is 5.41. The zero-order valence-electron chi connectivity index (χ0n) is 15.2. The molecule has 1 saturated heterocycles. The average Bonchev–Trinajstić information content (AvgIpc) is 3.16. The molecule has 8 heteroatoms. The maximum atomic E-state index is 12.4. The lowest BCUT2D eigenvalue weighted by atomic mass is 10.2. The summed E-state index contributed by atoms with van der Waals surface area (Å²) in [6.07, 6.45) is 5.04. The number of amides is 1. The number of fused-ring (bicyclic) bond motifs is 1. The number of anilines is 1. The Morgan fingerprint density at radius 3 is 2.63 bits per heavy atom. The van der Waals surface area contributed by atoms with E-state index in [0.29, 0.717) is 38.2 Å². The van der Waals surface area contributed by atoms with E-state index >= 15 is 0 Å². The maximum Gasteiger partial charge on any atom is 0.246 e. The summed E-state index contributed by atoms with van der Waals surface area (Å²) in [5.74, 6) is 0.815. The smallest absolute Gasteiger partial charge is 0.246 e. The van der Waals surface area contributed by atoms with E-state index in [2.05, 4.69) is 25.2 Å². The van der Waals surface area contributed by atoms with Gasteiger partial charge in [0.05, 0.1) is 0 Å². The number of carbonyl (C=O) groups excluding carboxylic acids is 1. The molecule has 0 atom stereocenters. The SMILES string of the molecule is CCn1nnc2c(N3CCN(C(=O)C=Cc4ccccc4)CC3)ncnc21. The minimum Gasteiger partial charge on any atom is -0.351 e. The number of carbonyl (C=O) groups is 1. The molecule has 4 rings (SSSR count). The van der Waals surface area contributed by atoms with Gasteiger partial charge in [0, 0.05) is 38.8 Å². The molecule has 0 N–H and O–H groups in total. The van der Waals surface area contributed by atoms with Crippen molar-refractivity contribution < 1.29 is 4.79 Å². The van der Waals surface area contributed by atoms with E-state index in [1.165, 1.54) is 0 Å². The van der Waals surface area contributed by atoms with Crippen LogP contribution >= 0.6 is 0 Å². The van der Waals surface area contributed by atoms with Crippen LogP contribution in [0.2, 0.25) is 0 Å². The Morgan fingerprint density at radius 2 is 1.89 bits per heavy atom. The van der Waals surface area contributed by atoms with Gasteiger partial charge in [-0.25, -0.2) is 14.6 Å². The Hall–Kier alpha value is -3.29. The first kappa shape index (κ1) is 17.1. The van der Waals surface area contributed by atoms with E-state index < -0.39 is 0 Å². The van der Waals surface area contributed by atoms with Crippen molar-refractivity contribution in [1.29, 1.82) is 0 Å². The summed E-state index contributed by atoms with van der Waals surface area (Å²) in [4.78, 5) is 25.1. The molecule has 3 heterocycles.